The molecule has 0 bridgehead atoms. The molecule has 1 aromatic heterocycles. The average Bonchev–Trinajstić information content (AvgIpc) is 3.59. The zero-order valence-corrected chi connectivity index (χ0v) is 51.1. The van der Waals surface area contributed by atoms with E-state index in [1.807, 2.05) is 11.8 Å². The number of aryl methyl sites for hydroxylation is 2. The number of imidazole rings is 1. The lowest BCUT2D eigenvalue weighted by molar-refractivity contribution is -0.633. The van der Waals surface area contributed by atoms with Gasteiger partial charge in [0, 0.05) is 43.7 Å². The topological polar surface area (TPSA) is 15.3 Å². The van der Waals surface area contributed by atoms with E-state index in [9.17, 15) is 0 Å². The van der Waals surface area contributed by atoms with Crippen LogP contribution in [0.1, 0.15) is 162 Å². The third-order valence-electron chi connectivity index (χ3n) is 17.5. The molecule has 8 aromatic carbocycles. The number of para-hydroxylation sites is 3. The maximum Gasteiger partial charge on any atom is 0.295 e. The summed E-state index contributed by atoms with van der Waals surface area (Å²) in [6.07, 6.45) is 0. The minimum absolute atomic E-state index is 0.000208. The number of hydrogen-bond acceptors (Lipinski definition) is 3. The van der Waals surface area contributed by atoms with Gasteiger partial charge in [-0.3, -0.25) is 0 Å². The Morgan fingerprint density at radius 2 is 1.03 bits per heavy atom. The van der Waals surface area contributed by atoms with Crippen molar-refractivity contribution in [3.63, 3.8) is 0 Å². The molecule has 9 aromatic rings. The number of anilines is 6. The van der Waals surface area contributed by atoms with Crippen molar-refractivity contribution < 1.29 is 4.57 Å². The standard InChI is InChI=1S/C73H80BN4S/c1-43(2)53-22-21-23-54(44(3)4)67(53)78-60-25-20-19-24-59(60)75(18)69(78)55-33-26-46(36-45(55)5)47-37-62-66-63(38-47)77-61-35-30-50(72(12,13)14)41-64(61)79-65-42-51(73(15,16)17)40-57(68(65)77)74(66)56-39-49(71(9,10)11)29-34-58(56)76(62)52-31-27-48(28-32-52)70(6,7)8/h19-44H,1-18H3/q+1. The van der Waals surface area contributed by atoms with Gasteiger partial charge in [0.15, 0.2) is 11.0 Å². The van der Waals surface area contributed by atoms with Crippen molar-refractivity contribution in [1.29, 1.82) is 0 Å². The first-order valence-electron chi connectivity index (χ1n) is 29.0. The zero-order chi connectivity index (χ0) is 56.2. The molecule has 0 fully saturated rings. The highest BCUT2D eigenvalue weighted by Gasteiger charge is 2.47. The summed E-state index contributed by atoms with van der Waals surface area (Å²) < 4.78 is 5.00. The Balaban J connectivity index is 1.15. The van der Waals surface area contributed by atoms with E-state index >= 15 is 0 Å². The fourth-order valence-corrected chi connectivity index (χ4v) is 14.1. The van der Waals surface area contributed by atoms with Gasteiger partial charge in [-0.25, -0.2) is 4.57 Å². The van der Waals surface area contributed by atoms with Crippen LogP contribution in [0.5, 0.6) is 0 Å². The van der Waals surface area contributed by atoms with Crippen molar-refractivity contribution >= 4 is 80.0 Å². The molecule has 6 heteroatoms. The predicted octanol–water partition coefficient (Wildman–Crippen LogP) is 18.1. The first kappa shape index (κ1) is 52.9. The van der Waals surface area contributed by atoms with Crippen LogP contribution in [-0.2, 0) is 28.7 Å². The van der Waals surface area contributed by atoms with Crippen LogP contribution in [0.25, 0.3) is 39.2 Å². The van der Waals surface area contributed by atoms with E-state index < -0.39 is 0 Å². The van der Waals surface area contributed by atoms with Crippen molar-refractivity contribution in [3.05, 3.63) is 185 Å². The van der Waals surface area contributed by atoms with Gasteiger partial charge in [-0.2, -0.15) is 4.57 Å². The quantitative estimate of drug-likeness (QED) is 0.122. The van der Waals surface area contributed by atoms with Crippen LogP contribution in [-0.4, -0.2) is 11.3 Å². The van der Waals surface area contributed by atoms with Crippen molar-refractivity contribution in [2.24, 2.45) is 7.05 Å². The molecule has 0 radical (unpaired) electrons. The van der Waals surface area contributed by atoms with E-state index in [1.165, 1.54) is 138 Å². The first-order chi connectivity index (χ1) is 37.2. The molecule has 0 atom stereocenters. The molecular weight excluding hydrogens is 976 g/mol. The van der Waals surface area contributed by atoms with Gasteiger partial charge in [-0.05, 0) is 162 Å². The summed E-state index contributed by atoms with van der Waals surface area (Å²) in [5.41, 5.74) is 28.2. The van der Waals surface area contributed by atoms with Crippen LogP contribution in [0.4, 0.5) is 34.1 Å². The highest BCUT2D eigenvalue weighted by molar-refractivity contribution is 7.99. The third-order valence-corrected chi connectivity index (χ3v) is 18.6. The Hall–Kier alpha value is -6.76. The van der Waals surface area contributed by atoms with Crippen LogP contribution in [0.15, 0.2) is 155 Å². The van der Waals surface area contributed by atoms with E-state index in [2.05, 4.69) is 289 Å². The Morgan fingerprint density at radius 1 is 0.468 bits per heavy atom. The van der Waals surface area contributed by atoms with Crippen molar-refractivity contribution in [2.75, 3.05) is 9.80 Å². The summed E-state index contributed by atoms with van der Waals surface area (Å²) in [6, 6.07) is 57.5. The second-order valence-corrected chi connectivity index (χ2v) is 29.0. The Morgan fingerprint density at radius 3 is 1.63 bits per heavy atom. The van der Waals surface area contributed by atoms with Crippen LogP contribution < -0.4 is 30.8 Å². The normalized spacial score (nSPS) is 14.1. The maximum atomic E-state index is 2.67. The molecule has 0 saturated carbocycles. The van der Waals surface area contributed by atoms with Crippen molar-refractivity contribution in [2.45, 2.75) is 161 Å². The lowest BCUT2D eigenvalue weighted by atomic mass is 9.33. The average molecular weight is 1060 g/mol. The molecule has 0 amide bonds. The van der Waals surface area contributed by atoms with E-state index in [0.29, 0.717) is 11.8 Å². The van der Waals surface area contributed by atoms with Gasteiger partial charge >= 0.3 is 0 Å². The fraction of sp³-hybridized carbons (Fsp3) is 0.329. The highest BCUT2D eigenvalue weighted by atomic mass is 32.2. The van der Waals surface area contributed by atoms with E-state index in [4.69, 9.17) is 0 Å². The minimum atomic E-state index is -0.0625. The molecule has 400 valence electrons. The van der Waals surface area contributed by atoms with Gasteiger partial charge in [0.2, 0.25) is 0 Å². The van der Waals surface area contributed by atoms with E-state index in [1.54, 1.807) is 0 Å². The highest BCUT2D eigenvalue weighted by Crippen LogP contribution is 2.56. The Bertz CT molecular complexity index is 3930. The summed E-state index contributed by atoms with van der Waals surface area (Å²) in [4.78, 5) is 7.91. The van der Waals surface area contributed by atoms with Gasteiger partial charge in [0.1, 0.15) is 5.69 Å². The molecule has 0 unspecified atom stereocenters. The van der Waals surface area contributed by atoms with Crippen LogP contribution >= 0.6 is 11.8 Å². The number of hydrogen-bond donors (Lipinski definition) is 0. The van der Waals surface area contributed by atoms with E-state index in [0.717, 1.165) is 0 Å². The summed E-state index contributed by atoms with van der Waals surface area (Å²) in [6.45, 7) is 39.8. The second kappa shape index (κ2) is 18.4. The second-order valence-electron chi connectivity index (χ2n) is 27.9. The molecule has 3 aliphatic heterocycles. The Labute approximate surface area is 477 Å². The number of fused-ring (bicyclic) bond motifs is 7. The minimum Gasteiger partial charge on any atom is -0.311 e. The molecule has 0 saturated heterocycles. The van der Waals surface area contributed by atoms with Crippen LogP contribution in [0, 0.1) is 6.92 Å². The molecule has 3 aliphatic rings. The van der Waals surface area contributed by atoms with E-state index in [-0.39, 0.29) is 28.4 Å². The first-order valence-corrected chi connectivity index (χ1v) is 29.8. The maximum absolute atomic E-state index is 2.67. The molecule has 0 spiro atoms. The molecule has 0 aliphatic carbocycles. The monoisotopic (exact) mass is 1060 g/mol. The fourth-order valence-electron chi connectivity index (χ4n) is 13.0. The summed E-state index contributed by atoms with van der Waals surface area (Å²) in [5, 5.41) is 0. The van der Waals surface area contributed by atoms with Gasteiger partial charge in [0.05, 0.1) is 24.0 Å². The van der Waals surface area contributed by atoms with Crippen molar-refractivity contribution in [3.8, 4) is 28.2 Å². The van der Waals surface area contributed by atoms with Gasteiger partial charge in [-0.15, -0.1) is 0 Å². The van der Waals surface area contributed by atoms with Crippen LogP contribution in [0.2, 0.25) is 0 Å². The molecule has 79 heavy (non-hydrogen) atoms. The molecule has 4 nitrogen and oxygen atoms in total. The summed E-state index contributed by atoms with van der Waals surface area (Å²) in [5.74, 6) is 1.88. The third kappa shape index (κ3) is 8.61. The zero-order valence-electron chi connectivity index (χ0n) is 50.3. The number of nitrogens with zero attached hydrogens (tertiary/aromatic N) is 4. The lowest BCUT2D eigenvalue weighted by Crippen LogP contribution is -2.62. The largest absolute Gasteiger partial charge is 0.311 e. The Kier molecular flexibility index (Phi) is 12.3. The predicted molar refractivity (Wildman–Crippen MR) is 341 cm³/mol. The molecule has 4 heterocycles. The number of rotatable bonds is 6. The molecule has 0 N–H and O–H groups in total. The van der Waals surface area contributed by atoms with Crippen LogP contribution in [0.3, 0.4) is 0 Å². The molecule has 12 rings (SSSR count). The van der Waals surface area contributed by atoms with Gasteiger partial charge in [0.25, 0.3) is 12.5 Å². The summed E-state index contributed by atoms with van der Waals surface area (Å²) in [7, 11) is 2.25. The van der Waals surface area contributed by atoms with Gasteiger partial charge in [-0.1, -0.05) is 201 Å². The smallest absolute Gasteiger partial charge is 0.295 e. The molecular formula is C73H80BN4S+. The lowest BCUT2D eigenvalue weighted by Gasteiger charge is -2.47. The number of aromatic nitrogens is 2. The SMILES string of the molecule is Cc1cc(-c2cc3c4c(c2)N2c5ccc(C(C)(C)C)cc5Sc5cc(C(C)(C)C)cc(c52)B4c2cc(C(C)(C)C)ccc2N3c2ccc(C(C)(C)C)cc2)ccc1-c1n(-c2c(C(C)C)cccc2C(C)C)c2ccccc2[n+]1C. The number of benzene rings is 8. The summed E-state index contributed by atoms with van der Waals surface area (Å²) >= 11 is 1.96. The van der Waals surface area contributed by atoms with Crippen molar-refractivity contribution in [1.82, 2.24) is 4.57 Å². The van der Waals surface area contributed by atoms with Gasteiger partial charge < -0.3 is 9.80 Å².